The average Bonchev–Trinajstić information content (AvgIpc) is 2.44. The van der Waals surface area contributed by atoms with Gasteiger partial charge in [-0.1, -0.05) is 0 Å². The predicted octanol–water partition coefficient (Wildman–Crippen LogP) is 1.14. The number of carbonyl (C=O) groups is 1. The number of nitrogens with one attached hydrogen (secondary N) is 1. The lowest BCUT2D eigenvalue weighted by molar-refractivity contribution is -0.386. The first-order valence-corrected chi connectivity index (χ1v) is 5.96. The molecule has 8 nitrogen and oxygen atoms in total. The zero-order valence-corrected chi connectivity index (χ0v) is 11.3. The summed E-state index contributed by atoms with van der Waals surface area (Å²) in [7, 11) is 1.42. The minimum absolute atomic E-state index is 0.136. The van der Waals surface area contributed by atoms with Crippen molar-refractivity contribution in [3.05, 3.63) is 28.3 Å². The summed E-state index contributed by atoms with van der Waals surface area (Å²) in [5.41, 5.74) is 1.83. The average molecular weight is 283 g/mol. The number of benzene rings is 1. The number of rotatable bonds is 7. The maximum absolute atomic E-state index is 11.0. The number of methoxy groups -OCH3 is 1. The number of nitrogens with zero attached hydrogens (tertiary/aromatic N) is 1. The van der Waals surface area contributed by atoms with Gasteiger partial charge < -0.3 is 9.47 Å². The summed E-state index contributed by atoms with van der Waals surface area (Å²) in [4.78, 5) is 21.4. The number of ether oxygens (including phenoxy) is 2. The Morgan fingerprint density at radius 2 is 2.25 bits per heavy atom. The number of amides is 1. The molecule has 0 aliphatic rings. The molecule has 0 aliphatic heterocycles. The van der Waals surface area contributed by atoms with E-state index < -0.39 is 4.92 Å². The van der Waals surface area contributed by atoms with E-state index in [0.717, 1.165) is 0 Å². The van der Waals surface area contributed by atoms with E-state index >= 15 is 0 Å². The molecule has 1 rings (SSSR count). The second-order valence-corrected chi connectivity index (χ2v) is 4.13. The van der Waals surface area contributed by atoms with Crippen molar-refractivity contribution >= 4 is 11.6 Å². The summed E-state index contributed by atoms with van der Waals surface area (Å²) in [5, 5.41) is 11.0. The number of hydrazine groups is 1. The first-order valence-electron chi connectivity index (χ1n) is 5.96. The van der Waals surface area contributed by atoms with Crippen LogP contribution >= 0.6 is 0 Å². The van der Waals surface area contributed by atoms with Crippen LogP contribution in [0.15, 0.2) is 18.2 Å². The van der Waals surface area contributed by atoms with Crippen molar-refractivity contribution in [2.24, 2.45) is 5.84 Å². The van der Waals surface area contributed by atoms with Gasteiger partial charge in [0.1, 0.15) is 5.75 Å². The summed E-state index contributed by atoms with van der Waals surface area (Å²) in [6.07, 6.45) is 0.216. The van der Waals surface area contributed by atoms with E-state index in [0.29, 0.717) is 12.2 Å². The van der Waals surface area contributed by atoms with E-state index in [9.17, 15) is 14.9 Å². The second kappa shape index (κ2) is 7.29. The third-order valence-corrected chi connectivity index (χ3v) is 2.63. The van der Waals surface area contributed by atoms with Crippen LogP contribution in [0.25, 0.3) is 0 Å². The molecule has 0 aliphatic carbocycles. The van der Waals surface area contributed by atoms with E-state index in [1.54, 1.807) is 13.0 Å². The normalized spacial score (nSPS) is 11.6. The third-order valence-electron chi connectivity index (χ3n) is 2.63. The molecule has 1 aromatic carbocycles. The zero-order chi connectivity index (χ0) is 15.1. The van der Waals surface area contributed by atoms with Crippen molar-refractivity contribution < 1.29 is 19.2 Å². The van der Waals surface area contributed by atoms with Gasteiger partial charge in [-0.25, -0.2) is 5.84 Å². The fraction of sp³-hybridized carbons (Fsp3) is 0.417. The van der Waals surface area contributed by atoms with Crippen molar-refractivity contribution in [2.45, 2.75) is 25.9 Å². The van der Waals surface area contributed by atoms with Crippen LogP contribution in [0.3, 0.4) is 0 Å². The lowest BCUT2D eigenvalue weighted by Gasteiger charge is -2.14. The van der Waals surface area contributed by atoms with Crippen LogP contribution in [-0.2, 0) is 4.79 Å². The molecule has 0 spiro atoms. The second-order valence-electron chi connectivity index (χ2n) is 4.13. The quantitative estimate of drug-likeness (QED) is 0.335. The lowest BCUT2D eigenvalue weighted by atomic mass is 10.2. The van der Waals surface area contributed by atoms with Crippen molar-refractivity contribution in [2.75, 3.05) is 7.11 Å². The van der Waals surface area contributed by atoms with Gasteiger partial charge in [-0.2, -0.15) is 0 Å². The first-order chi connectivity index (χ1) is 9.47. The standard InChI is InChI=1S/C12H17N3O5/c1-8(3-6-12(16)14-13)20-11-5-4-9(19-2)7-10(11)15(17)18/h4-5,7-8H,3,6,13H2,1-2H3,(H,14,16). The van der Waals surface area contributed by atoms with Crippen LogP contribution in [0.2, 0.25) is 0 Å². The third kappa shape index (κ3) is 4.39. The molecule has 1 amide bonds. The van der Waals surface area contributed by atoms with E-state index in [2.05, 4.69) is 0 Å². The first kappa shape index (κ1) is 15.7. The maximum atomic E-state index is 11.0. The van der Waals surface area contributed by atoms with Crippen LogP contribution < -0.4 is 20.7 Å². The molecular formula is C12H17N3O5. The molecule has 1 unspecified atom stereocenters. The van der Waals surface area contributed by atoms with Crippen LogP contribution in [-0.4, -0.2) is 24.0 Å². The fourth-order valence-electron chi connectivity index (χ4n) is 1.55. The highest BCUT2D eigenvalue weighted by atomic mass is 16.6. The predicted molar refractivity (Wildman–Crippen MR) is 71.3 cm³/mol. The van der Waals surface area contributed by atoms with Gasteiger partial charge in [-0.15, -0.1) is 0 Å². The van der Waals surface area contributed by atoms with Crippen molar-refractivity contribution in [3.8, 4) is 11.5 Å². The minimum atomic E-state index is -0.544. The van der Waals surface area contributed by atoms with Crippen LogP contribution in [0.5, 0.6) is 11.5 Å². The SMILES string of the molecule is COc1ccc(OC(C)CCC(=O)NN)c([N+](=O)[O-])c1. The topological polar surface area (TPSA) is 117 Å². The van der Waals surface area contributed by atoms with Gasteiger partial charge >= 0.3 is 5.69 Å². The van der Waals surface area contributed by atoms with E-state index in [1.165, 1.54) is 19.2 Å². The van der Waals surface area contributed by atoms with E-state index in [1.807, 2.05) is 5.43 Å². The van der Waals surface area contributed by atoms with Crippen LogP contribution in [0.1, 0.15) is 19.8 Å². The fourth-order valence-corrected chi connectivity index (χ4v) is 1.55. The zero-order valence-electron chi connectivity index (χ0n) is 11.3. The molecule has 0 bridgehead atoms. The molecule has 8 heteroatoms. The molecule has 0 radical (unpaired) electrons. The molecule has 1 aromatic rings. The number of nitro benzene ring substituents is 1. The Balaban J connectivity index is 2.76. The summed E-state index contributed by atoms with van der Waals surface area (Å²) in [5.74, 6) is 5.16. The molecule has 0 saturated heterocycles. The smallest absolute Gasteiger partial charge is 0.314 e. The highest BCUT2D eigenvalue weighted by molar-refractivity contribution is 5.75. The van der Waals surface area contributed by atoms with Gasteiger partial charge in [0.2, 0.25) is 5.91 Å². The van der Waals surface area contributed by atoms with Gasteiger partial charge in [-0.05, 0) is 25.5 Å². The summed E-state index contributed by atoms with van der Waals surface area (Å²) < 4.78 is 10.4. The Labute approximate surface area is 116 Å². The Kier molecular flexibility index (Phi) is 5.73. The minimum Gasteiger partial charge on any atom is -0.496 e. The number of hydrogen-bond donors (Lipinski definition) is 2. The Morgan fingerprint density at radius 1 is 1.55 bits per heavy atom. The molecule has 0 saturated carbocycles. The largest absolute Gasteiger partial charge is 0.496 e. The molecule has 1 atom stereocenters. The number of nitro groups is 1. The van der Waals surface area contributed by atoms with Crippen molar-refractivity contribution in [1.29, 1.82) is 0 Å². The van der Waals surface area contributed by atoms with Crippen LogP contribution in [0, 0.1) is 10.1 Å². The molecule has 0 aromatic heterocycles. The highest BCUT2D eigenvalue weighted by Crippen LogP contribution is 2.32. The molecule has 0 heterocycles. The number of nitrogens with two attached hydrogens (primary N) is 1. The monoisotopic (exact) mass is 283 g/mol. The van der Waals surface area contributed by atoms with E-state index in [4.69, 9.17) is 15.3 Å². The van der Waals surface area contributed by atoms with Crippen molar-refractivity contribution in [3.63, 3.8) is 0 Å². The maximum Gasteiger partial charge on any atom is 0.314 e. The van der Waals surface area contributed by atoms with Crippen LogP contribution in [0.4, 0.5) is 5.69 Å². The van der Waals surface area contributed by atoms with Gasteiger partial charge in [0.25, 0.3) is 0 Å². The van der Waals surface area contributed by atoms with Crippen molar-refractivity contribution in [1.82, 2.24) is 5.43 Å². The van der Waals surface area contributed by atoms with E-state index in [-0.39, 0.29) is 29.9 Å². The molecule has 0 fully saturated rings. The summed E-state index contributed by atoms with van der Waals surface area (Å²) >= 11 is 0. The van der Waals surface area contributed by atoms with Gasteiger partial charge in [0.15, 0.2) is 5.75 Å². The molecule has 110 valence electrons. The molecule has 20 heavy (non-hydrogen) atoms. The molecule has 3 N–H and O–H groups in total. The molecular weight excluding hydrogens is 266 g/mol. The lowest BCUT2D eigenvalue weighted by Crippen LogP contribution is -2.30. The van der Waals surface area contributed by atoms with Gasteiger partial charge in [0, 0.05) is 6.42 Å². The van der Waals surface area contributed by atoms with Gasteiger partial charge in [-0.3, -0.25) is 20.3 Å². The Bertz CT molecular complexity index is 492. The number of carbonyl (C=O) groups excluding carboxylic acids is 1. The Morgan fingerprint density at radius 3 is 2.80 bits per heavy atom. The number of hydrogen-bond acceptors (Lipinski definition) is 6. The summed E-state index contributed by atoms with van der Waals surface area (Å²) in [6, 6.07) is 4.33. The van der Waals surface area contributed by atoms with Gasteiger partial charge in [0.05, 0.1) is 24.2 Å². The highest BCUT2D eigenvalue weighted by Gasteiger charge is 2.18. The summed E-state index contributed by atoms with van der Waals surface area (Å²) in [6.45, 7) is 1.72. The Hall–Kier alpha value is -2.35.